The van der Waals surface area contributed by atoms with E-state index in [9.17, 15) is 9.13 Å². The third-order valence-corrected chi connectivity index (χ3v) is 10.9. The number of aryl methyl sites for hydroxylation is 6. The second kappa shape index (κ2) is 14.0. The lowest BCUT2D eigenvalue weighted by molar-refractivity contribution is 0.348. The summed E-state index contributed by atoms with van der Waals surface area (Å²) >= 11 is 0. The molecule has 0 saturated carbocycles. The second-order valence-corrected chi connectivity index (χ2v) is 14.4. The summed E-state index contributed by atoms with van der Waals surface area (Å²) in [6.07, 6.45) is 0. The molecule has 0 N–H and O–H groups in total. The quantitative estimate of drug-likeness (QED) is 0.194. The third-order valence-electron chi connectivity index (χ3n) is 6.93. The average molecular weight is 584 g/mol. The van der Waals surface area contributed by atoms with Crippen LogP contribution in [-0.4, -0.2) is 6.61 Å². The number of hydrogen-bond acceptors (Lipinski definition) is 3. The lowest BCUT2D eigenvalue weighted by Crippen LogP contribution is -2.09. The van der Waals surface area contributed by atoms with E-state index in [1.807, 2.05) is 81.4 Å². The normalized spacial score (nSPS) is 12.5. The molecule has 0 aliphatic rings. The summed E-state index contributed by atoms with van der Waals surface area (Å²) in [5.41, 5.74) is 8.85. The van der Waals surface area contributed by atoms with E-state index in [1.54, 1.807) is 0 Å². The lowest BCUT2D eigenvalue weighted by atomic mass is 10.00. The average Bonchev–Trinajstić information content (AvgIpc) is 2.93. The van der Waals surface area contributed by atoms with Crippen molar-refractivity contribution in [1.29, 1.82) is 0 Å². The van der Waals surface area contributed by atoms with Crippen LogP contribution >= 0.6 is 15.2 Å². The Kier molecular flexibility index (Phi) is 11.0. The highest BCUT2D eigenvalue weighted by Gasteiger charge is 2.32. The van der Waals surface area contributed by atoms with Crippen LogP contribution in [0, 0.1) is 41.5 Å². The van der Waals surface area contributed by atoms with Gasteiger partial charge in [0.15, 0.2) is 10.6 Å². The molecule has 0 aliphatic heterocycles. The van der Waals surface area contributed by atoms with Gasteiger partial charge in [-0.05, 0) is 107 Å². The fourth-order valence-electron chi connectivity index (χ4n) is 5.35. The molecule has 0 aromatic heterocycles. The Labute approximate surface area is 247 Å². The van der Waals surface area contributed by atoms with E-state index in [1.165, 1.54) is 11.1 Å². The zero-order valence-corrected chi connectivity index (χ0v) is 27.1. The first-order valence-electron chi connectivity index (χ1n) is 13.8. The summed E-state index contributed by atoms with van der Waals surface area (Å²) in [5.74, 6) is 0. The first-order chi connectivity index (χ1) is 19.4. The molecule has 41 heavy (non-hydrogen) atoms. The molecule has 0 aliphatic carbocycles. The predicted molar refractivity (Wildman–Crippen MR) is 178 cm³/mol. The minimum absolute atomic E-state index is 0.384. The first-order valence-corrected chi connectivity index (χ1v) is 16.7. The Bertz CT molecular complexity index is 1570. The van der Waals surface area contributed by atoms with Crippen molar-refractivity contribution in [2.75, 3.05) is 6.61 Å². The van der Waals surface area contributed by atoms with Gasteiger partial charge in [-0.1, -0.05) is 82.9 Å². The van der Waals surface area contributed by atoms with Gasteiger partial charge >= 0.3 is 7.80 Å². The van der Waals surface area contributed by atoms with Crippen molar-refractivity contribution < 1.29 is 13.7 Å². The maximum absolute atomic E-state index is 13.6. The van der Waals surface area contributed by atoms with Crippen molar-refractivity contribution in [1.82, 2.24) is 0 Å². The zero-order chi connectivity index (χ0) is 30.3. The van der Waals surface area contributed by atoms with Gasteiger partial charge in [-0.2, -0.15) is 0 Å². The topological polar surface area (TPSA) is 43.4 Å². The van der Waals surface area contributed by atoms with Crippen molar-refractivity contribution in [3.8, 4) is 0 Å². The molecule has 2 unspecified atom stereocenters. The molecule has 0 radical (unpaired) electrons. The van der Waals surface area contributed by atoms with E-state index >= 15 is 0 Å². The Morgan fingerprint density at radius 2 is 1.12 bits per heavy atom. The van der Waals surface area contributed by atoms with Gasteiger partial charge in [0, 0.05) is 16.2 Å². The summed E-state index contributed by atoms with van der Waals surface area (Å²) in [7, 11) is -4.75. The van der Waals surface area contributed by atoms with Crippen LogP contribution in [0.3, 0.4) is 0 Å². The highest BCUT2D eigenvalue weighted by Crippen LogP contribution is 2.58. The monoisotopic (exact) mass is 583 g/mol. The van der Waals surface area contributed by atoms with Gasteiger partial charge in [0.2, 0.25) is 0 Å². The molecule has 4 aromatic carbocycles. The van der Waals surface area contributed by atoms with Crippen LogP contribution in [0.15, 0.2) is 98.1 Å². The van der Waals surface area contributed by atoms with Gasteiger partial charge in [-0.15, -0.1) is 0 Å². The molecule has 2 atom stereocenters. The van der Waals surface area contributed by atoms with E-state index in [0.717, 1.165) is 44.0 Å². The molecule has 5 heteroatoms. The molecule has 0 spiro atoms. The summed E-state index contributed by atoms with van der Waals surface area (Å²) in [5, 5.41) is 2.83. The summed E-state index contributed by atoms with van der Waals surface area (Å²) < 4.78 is 31.9. The fraction of sp³-hybridized carbons (Fsp3) is 0.222. The smallest absolute Gasteiger partial charge is 0.322 e. The van der Waals surface area contributed by atoms with Crippen LogP contribution in [0.25, 0.3) is 10.6 Å². The highest BCUT2D eigenvalue weighted by atomic mass is 31.2. The fourth-order valence-corrected chi connectivity index (χ4v) is 8.86. The summed E-state index contributed by atoms with van der Waals surface area (Å²) in [6.45, 7) is 22.8. The molecule has 0 bridgehead atoms. The van der Waals surface area contributed by atoms with Gasteiger partial charge in [0.25, 0.3) is 7.37 Å². The van der Waals surface area contributed by atoms with Gasteiger partial charge in [0.1, 0.15) is 0 Å². The van der Waals surface area contributed by atoms with Crippen molar-refractivity contribution >= 4 is 36.4 Å². The molecule has 4 aromatic rings. The first kappa shape index (κ1) is 32.2. The Morgan fingerprint density at radius 3 is 1.56 bits per heavy atom. The molecule has 0 amide bonds. The number of rotatable bonds is 8. The molecular weight excluding hydrogens is 542 g/mol. The van der Waals surface area contributed by atoms with Gasteiger partial charge in [-0.25, -0.2) is 0 Å². The summed E-state index contributed by atoms with van der Waals surface area (Å²) in [6, 6.07) is 27.3. The minimum Gasteiger partial charge on any atom is -0.322 e. The van der Waals surface area contributed by atoms with Crippen LogP contribution in [0.4, 0.5) is 0 Å². The molecule has 4 rings (SSSR count). The van der Waals surface area contributed by atoms with Crippen LogP contribution in [0.2, 0.25) is 0 Å². The van der Waals surface area contributed by atoms with Crippen molar-refractivity contribution in [3.63, 3.8) is 0 Å². The van der Waals surface area contributed by atoms with Crippen LogP contribution < -0.4 is 10.6 Å². The summed E-state index contributed by atoms with van der Waals surface area (Å²) in [4.78, 5) is 0. The van der Waals surface area contributed by atoms with Crippen molar-refractivity contribution in [3.05, 3.63) is 143 Å². The van der Waals surface area contributed by atoms with Crippen LogP contribution in [-0.2, 0) is 13.7 Å². The maximum Gasteiger partial charge on any atom is 0.415 e. The largest absolute Gasteiger partial charge is 0.415 e. The zero-order valence-electron chi connectivity index (χ0n) is 25.3. The molecule has 0 fully saturated rings. The SMILES string of the molecule is C=C(c1c(C)cc(C)cc1C)P(=O)(OCC)c1ccccc1.C=C(c1c(C)cc(C)cc1C)[P+](=O)c1ccccc1. The third kappa shape index (κ3) is 7.49. The second-order valence-electron chi connectivity index (χ2n) is 10.4. The van der Waals surface area contributed by atoms with E-state index in [2.05, 4.69) is 65.1 Å². The van der Waals surface area contributed by atoms with Crippen LogP contribution in [0.1, 0.15) is 51.4 Å². The van der Waals surface area contributed by atoms with E-state index in [0.29, 0.717) is 17.2 Å². The van der Waals surface area contributed by atoms with Gasteiger partial charge in [0.05, 0.1) is 6.61 Å². The van der Waals surface area contributed by atoms with Gasteiger partial charge < -0.3 is 4.52 Å². The lowest BCUT2D eigenvalue weighted by Gasteiger charge is -2.23. The molecular formula is C36H41O3P2+. The number of hydrogen-bond donors (Lipinski definition) is 0. The van der Waals surface area contributed by atoms with E-state index in [4.69, 9.17) is 4.52 Å². The highest BCUT2D eigenvalue weighted by molar-refractivity contribution is 7.76. The van der Waals surface area contributed by atoms with Gasteiger partial charge in [-0.3, -0.25) is 4.57 Å². The maximum atomic E-state index is 13.6. The molecule has 212 valence electrons. The number of benzene rings is 4. The minimum atomic E-state index is -3.15. The Balaban J connectivity index is 0.000000228. The molecule has 0 saturated heterocycles. The molecule has 3 nitrogen and oxygen atoms in total. The predicted octanol–water partition coefficient (Wildman–Crippen LogP) is 9.96. The Morgan fingerprint density at radius 1 is 0.707 bits per heavy atom. The molecule has 0 heterocycles. The van der Waals surface area contributed by atoms with Crippen molar-refractivity contribution in [2.45, 2.75) is 48.5 Å². The van der Waals surface area contributed by atoms with Crippen molar-refractivity contribution in [2.24, 2.45) is 0 Å². The van der Waals surface area contributed by atoms with E-state index in [-0.39, 0.29) is 0 Å². The standard InChI is InChI=1S/C19H23O2P.C17H18OP/c1-6-21-22(20,18-10-8-7-9-11-18)17(5)19-15(3)12-14(2)13-16(19)4;1-12-10-13(2)17(14(3)11-12)15(4)19(18)16-8-6-5-7-9-16/h7-13H,5-6H2,1-4H3;5-11H,4H2,1-3H3/q;+1. The van der Waals surface area contributed by atoms with E-state index < -0.39 is 15.2 Å². The van der Waals surface area contributed by atoms with Crippen LogP contribution in [0.5, 0.6) is 0 Å². The Hall–Kier alpha value is -3.35.